The smallest absolute Gasteiger partial charge is 0.118 e. The number of ether oxygens (including phenoxy) is 1. The van der Waals surface area contributed by atoms with Crippen molar-refractivity contribution in [1.29, 1.82) is 0 Å². The van der Waals surface area contributed by atoms with E-state index >= 15 is 0 Å². The minimum Gasteiger partial charge on any atom is -0.497 e. The lowest BCUT2D eigenvalue weighted by atomic mass is 10.0. The highest BCUT2D eigenvalue weighted by Gasteiger charge is 2.25. The van der Waals surface area contributed by atoms with E-state index in [2.05, 4.69) is 48.3 Å². The SMILES string of the molecule is CCCC1CNC(CC)CN1CCc1ccc(OC)cc1. The molecule has 0 saturated carbocycles. The Hall–Kier alpha value is -1.06. The van der Waals surface area contributed by atoms with E-state index in [4.69, 9.17) is 4.74 Å². The molecule has 2 unspecified atom stereocenters. The molecule has 3 nitrogen and oxygen atoms in total. The minimum absolute atomic E-state index is 0.661. The molecule has 1 heterocycles. The summed E-state index contributed by atoms with van der Waals surface area (Å²) in [4.78, 5) is 2.69. The van der Waals surface area contributed by atoms with Crippen LogP contribution in [0.1, 0.15) is 38.7 Å². The standard InChI is InChI=1S/C18H30N2O/c1-4-6-17-13-19-16(5-2)14-20(17)12-11-15-7-9-18(21-3)10-8-15/h7-10,16-17,19H,4-6,11-14H2,1-3H3. The van der Waals surface area contributed by atoms with Crippen LogP contribution in [-0.2, 0) is 6.42 Å². The summed E-state index contributed by atoms with van der Waals surface area (Å²) in [6.45, 7) is 8.06. The van der Waals surface area contributed by atoms with Crippen molar-refractivity contribution in [3.8, 4) is 5.75 Å². The monoisotopic (exact) mass is 290 g/mol. The van der Waals surface area contributed by atoms with E-state index in [0.29, 0.717) is 12.1 Å². The number of benzene rings is 1. The van der Waals surface area contributed by atoms with Gasteiger partial charge in [0.1, 0.15) is 5.75 Å². The van der Waals surface area contributed by atoms with Gasteiger partial charge in [0.2, 0.25) is 0 Å². The third-order valence-electron chi connectivity index (χ3n) is 4.57. The van der Waals surface area contributed by atoms with Crippen LogP contribution in [-0.4, -0.2) is 43.7 Å². The summed E-state index contributed by atoms with van der Waals surface area (Å²) in [5, 5.41) is 3.69. The van der Waals surface area contributed by atoms with Crippen LogP contribution >= 0.6 is 0 Å². The van der Waals surface area contributed by atoms with Crippen molar-refractivity contribution in [2.24, 2.45) is 0 Å². The molecule has 1 aromatic carbocycles. The maximum absolute atomic E-state index is 5.22. The lowest BCUT2D eigenvalue weighted by Crippen LogP contribution is -2.56. The van der Waals surface area contributed by atoms with E-state index in [1.165, 1.54) is 31.4 Å². The third-order valence-corrected chi connectivity index (χ3v) is 4.57. The van der Waals surface area contributed by atoms with Gasteiger partial charge in [0.05, 0.1) is 7.11 Å². The zero-order valence-electron chi connectivity index (χ0n) is 13.8. The van der Waals surface area contributed by atoms with E-state index in [-0.39, 0.29) is 0 Å². The van der Waals surface area contributed by atoms with Gasteiger partial charge in [-0.25, -0.2) is 0 Å². The van der Waals surface area contributed by atoms with Crippen LogP contribution in [0.5, 0.6) is 5.75 Å². The van der Waals surface area contributed by atoms with Gasteiger partial charge in [0.15, 0.2) is 0 Å². The maximum atomic E-state index is 5.22. The summed E-state index contributed by atoms with van der Waals surface area (Å²) in [5.41, 5.74) is 1.40. The van der Waals surface area contributed by atoms with Gasteiger partial charge in [-0.3, -0.25) is 4.90 Å². The number of methoxy groups -OCH3 is 1. The van der Waals surface area contributed by atoms with E-state index in [1.807, 2.05) is 0 Å². The van der Waals surface area contributed by atoms with Crippen LogP contribution in [0, 0.1) is 0 Å². The van der Waals surface area contributed by atoms with Crippen LogP contribution < -0.4 is 10.1 Å². The van der Waals surface area contributed by atoms with E-state index in [1.54, 1.807) is 7.11 Å². The van der Waals surface area contributed by atoms with Crippen LogP contribution in [0.3, 0.4) is 0 Å². The topological polar surface area (TPSA) is 24.5 Å². The van der Waals surface area contributed by atoms with Crippen molar-refractivity contribution < 1.29 is 4.74 Å². The Bertz CT molecular complexity index is 404. The van der Waals surface area contributed by atoms with E-state index in [0.717, 1.165) is 25.3 Å². The molecule has 2 atom stereocenters. The second-order valence-corrected chi connectivity index (χ2v) is 6.05. The van der Waals surface area contributed by atoms with Gasteiger partial charge < -0.3 is 10.1 Å². The zero-order valence-corrected chi connectivity index (χ0v) is 13.8. The van der Waals surface area contributed by atoms with E-state index in [9.17, 15) is 0 Å². The largest absolute Gasteiger partial charge is 0.497 e. The fourth-order valence-electron chi connectivity index (χ4n) is 3.16. The summed E-state index contributed by atoms with van der Waals surface area (Å²) in [6, 6.07) is 9.86. The van der Waals surface area contributed by atoms with Crippen molar-refractivity contribution in [2.45, 2.75) is 51.6 Å². The first-order chi connectivity index (χ1) is 10.3. The molecule has 1 saturated heterocycles. The highest BCUT2D eigenvalue weighted by Crippen LogP contribution is 2.16. The maximum Gasteiger partial charge on any atom is 0.118 e. The summed E-state index contributed by atoms with van der Waals surface area (Å²) in [7, 11) is 1.72. The molecule has 1 aliphatic rings. The molecule has 0 aromatic heterocycles. The molecule has 0 amide bonds. The third kappa shape index (κ3) is 4.72. The van der Waals surface area contributed by atoms with Gasteiger partial charge in [0, 0.05) is 31.7 Å². The molecule has 21 heavy (non-hydrogen) atoms. The molecular formula is C18H30N2O. The Morgan fingerprint density at radius 3 is 2.62 bits per heavy atom. The van der Waals surface area contributed by atoms with Crippen molar-refractivity contribution in [3.63, 3.8) is 0 Å². The van der Waals surface area contributed by atoms with E-state index < -0.39 is 0 Å². The molecule has 0 radical (unpaired) electrons. The van der Waals surface area contributed by atoms with Crippen molar-refractivity contribution >= 4 is 0 Å². The van der Waals surface area contributed by atoms with Crippen molar-refractivity contribution in [3.05, 3.63) is 29.8 Å². The van der Waals surface area contributed by atoms with Gasteiger partial charge in [-0.1, -0.05) is 32.4 Å². The van der Waals surface area contributed by atoms with Crippen LogP contribution in [0.2, 0.25) is 0 Å². The Kier molecular flexibility index (Phi) is 6.52. The molecule has 118 valence electrons. The predicted molar refractivity (Wildman–Crippen MR) is 89.0 cm³/mol. The molecule has 1 aliphatic heterocycles. The molecule has 3 heteroatoms. The summed E-state index contributed by atoms with van der Waals surface area (Å²) >= 11 is 0. The Labute approximate surface area is 129 Å². The average molecular weight is 290 g/mol. The second-order valence-electron chi connectivity index (χ2n) is 6.05. The average Bonchev–Trinajstić information content (AvgIpc) is 2.54. The van der Waals surface area contributed by atoms with Crippen molar-refractivity contribution in [1.82, 2.24) is 10.2 Å². The molecule has 1 fully saturated rings. The first kappa shape index (κ1) is 16.3. The molecular weight excluding hydrogens is 260 g/mol. The Morgan fingerprint density at radius 1 is 1.24 bits per heavy atom. The number of nitrogens with zero attached hydrogens (tertiary/aromatic N) is 1. The number of rotatable bonds is 7. The molecule has 2 rings (SSSR count). The Balaban J connectivity index is 1.90. The first-order valence-electron chi connectivity index (χ1n) is 8.37. The summed E-state index contributed by atoms with van der Waals surface area (Å²) in [6.07, 6.45) is 4.91. The highest BCUT2D eigenvalue weighted by atomic mass is 16.5. The van der Waals surface area contributed by atoms with Crippen LogP contribution in [0.15, 0.2) is 24.3 Å². The molecule has 0 bridgehead atoms. The lowest BCUT2D eigenvalue weighted by Gasteiger charge is -2.40. The minimum atomic E-state index is 0.661. The molecule has 1 N–H and O–H groups in total. The number of nitrogens with one attached hydrogen (secondary N) is 1. The van der Waals surface area contributed by atoms with Crippen molar-refractivity contribution in [2.75, 3.05) is 26.7 Å². The zero-order chi connectivity index (χ0) is 15.1. The first-order valence-corrected chi connectivity index (χ1v) is 8.37. The number of hydrogen-bond acceptors (Lipinski definition) is 3. The summed E-state index contributed by atoms with van der Waals surface area (Å²) < 4.78 is 5.22. The second kappa shape index (κ2) is 8.40. The lowest BCUT2D eigenvalue weighted by molar-refractivity contribution is 0.122. The van der Waals surface area contributed by atoms with Gasteiger partial charge >= 0.3 is 0 Å². The quantitative estimate of drug-likeness (QED) is 0.835. The summed E-state index contributed by atoms with van der Waals surface area (Å²) in [5.74, 6) is 0.941. The number of piperazine rings is 1. The Morgan fingerprint density at radius 2 is 2.00 bits per heavy atom. The fraction of sp³-hybridized carbons (Fsp3) is 0.667. The van der Waals surface area contributed by atoms with Gasteiger partial charge in [-0.2, -0.15) is 0 Å². The highest BCUT2D eigenvalue weighted by molar-refractivity contribution is 5.27. The van der Waals surface area contributed by atoms with Crippen LogP contribution in [0.25, 0.3) is 0 Å². The number of hydrogen-bond donors (Lipinski definition) is 1. The van der Waals surface area contributed by atoms with Gasteiger partial charge in [0.25, 0.3) is 0 Å². The van der Waals surface area contributed by atoms with Crippen LogP contribution in [0.4, 0.5) is 0 Å². The predicted octanol–water partition coefficient (Wildman–Crippen LogP) is 3.09. The molecule has 1 aromatic rings. The molecule has 0 aliphatic carbocycles. The van der Waals surface area contributed by atoms with Gasteiger partial charge in [-0.15, -0.1) is 0 Å². The molecule has 0 spiro atoms. The van der Waals surface area contributed by atoms with Gasteiger partial charge in [-0.05, 0) is 37.0 Å². The fourth-order valence-corrected chi connectivity index (χ4v) is 3.16. The normalized spacial score (nSPS) is 23.2.